The van der Waals surface area contributed by atoms with Gasteiger partial charge in [-0.05, 0) is 56.2 Å². The van der Waals surface area contributed by atoms with Crippen molar-refractivity contribution >= 4 is 11.5 Å². The largest absolute Gasteiger partial charge is 0.494 e. The monoisotopic (exact) mass is 490 g/mol. The predicted molar refractivity (Wildman–Crippen MR) is 135 cm³/mol. The highest BCUT2D eigenvalue weighted by Gasteiger charge is 2.37. The van der Waals surface area contributed by atoms with Gasteiger partial charge in [0, 0.05) is 24.7 Å². The molecular weight excluding hydrogens is 462 g/mol. The van der Waals surface area contributed by atoms with E-state index < -0.39 is 11.6 Å². The minimum Gasteiger partial charge on any atom is -0.494 e. The Labute approximate surface area is 209 Å². The maximum atomic E-state index is 14.6. The fourth-order valence-corrected chi connectivity index (χ4v) is 5.68. The summed E-state index contributed by atoms with van der Waals surface area (Å²) in [5.74, 6) is -0.504. The Morgan fingerprint density at radius 2 is 1.75 bits per heavy atom. The number of methoxy groups -OCH3 is 1. The maximum Gasteiger partial charge on any atom is 0.263 e. The molecular formula is C28H28F2N4O2. The lowest BCUT2D eigenvalue weighted by Gasteiger charge is -2.40. The topological polar surface area (TPSA) is 51.7 Å². The quantitative estimate of drug-likeness (QED) is 0.408. The number of rotatable bonds is 4. The van der Waals surface area contributed by atoms with E-state index in [1.54, 1.807) is 19.1 Å². The van der Waals surface area contributed by atoms with Crippen molar-refractivity contribution < 1.29 is 13.5 Å². The first-order chi connectivity index (χ1) is 17.4. The number of hydrogen-bond acceptors (Lipinski definition) is 4. The second-order valence-electron chi connectivity index (χ2n) is 9.82. The normalized spacial score (nSPS) is 16.8. The molecule has 5 rings (SSSR count). The van der Waals surface area contributed by atoms with Crippen molar-refractivity contribution in [3.63, 3.8) is 0 Å². The third kappa shape index (κ3) is 4.13. The highest BCUT2D eigenvalue weighted by Crippen LogP contribution is 2.46. The molecule has 3 aromatic rings. The van der Waals surface area contributed by atoms with E-state index >= 15 is 0 Å². The summed E-state index contributed by atoms with van der Waals surface area (Å²) in [4.78, 5) is 24.0. The summed E-state index contributed by atoms with van der Waals surface area (Å²) in [5.41, 5.74) is 0.980. The van der Waals surface area contributed by atoms with Gasteiger partial charge in [-0.15, -0.1) is 0 Å². The Morgan fingerprint density at radius 3 is 2.36 bits per heavy atom. The number of aromatic nitrogens is 2. The molecule has 36 heavy (non-hydrogen) atoms. The van der Waals surface area contributed by atoms with E-state index in [0.717, 1.165) is 25.9 Å². The third-order valence-electron chi connectivity index (χ3n) is 7.79. The Kier molecular flexibility index (Phi) is 6.25. The lowest BCUT2D eigenvalue weighted by Crippen LogP contribution is -2.41. The summed E-state index contributed by atoms with van der Waals surface area (Å²) in [6.45, 7) is 10.5. The van der Waals surface area contributed by atoms with Crippen molar-refractivity contribution in [3.8, 4) is 22.8 Å². The lowest BCUT2D eigenvalue weighted by atomic mass is 9.77. The highest BCUT2D eigenvalue weighted by atomic mass is 19.1. The van der Waals surface area contributed by atoms with E-state index in [2.05, 4.69) is 9.74 Å². The molecule has 8 heteroatoms. The summed E-state index contributed by atoms with van der Waals surface area (Å²) in [6.07, 6.45) is 7.20. The van der Waals surface area contributed by atoms with E-state index in [0.29, 0.717) is 22.4 Å². The molecule has 0 amide bonds. The van der Waals surface area contributed by atoms with Crippen molar-refractivity contribution in [2.75, 3.05) is 25.1 Å². The van der Waals surface area contributed by atoms with Crippen LogP contribution in [0.15, 0.2) is 41.2 Å². The predicted octanol–water partition coefficient (Wildman–Crippen LogP) is 6.21. The fraction of sp³-hybridized carbons (Fsp3) is 0.393. The summed E-state index contributed by atoms with van der Waals surface area (Å²) in [7, 11) is 1.37. The number of hydrogen-bond donors (Lipinski definition) is 0. The van der Waals surface area contributed by atoms with E-state index in [1.807, 2.05) is 0 Å². The molecule has 1 saturated heterocycles. The van der Waals surface area contributed by atoms with Crippen LogP contribution in [0, 0.1) is 30.5 Å². The van der Waals surface area contributed by atoms with Gasteiger partial charge in [0.2, 0.25) is 5.69 Å². The first-order valence-electron chi connectivity index (χ1n) is 12.3. The Hall–Kier alpha value is -3.73. The van der Waals surface area contributed by atoms with Gasteiger partial charge >= 0.3 is 0 Å². The Morgan fingerprint density at radius 1 is 1.03 bits per heavy atom. The molecule has 6 nitrogen and oxygen atoms in total. The van der Waals surface area contributed by atoms with Gasteiger partial charge in [-0.3, -0.25) is 9.36 Å². The van der Waals surface area contributed by atoms with Crippen molar-refractivity contribution in [1.29, 1.82) is 0 Å². The van der Waals surface area contributed by atoms with Crippen LogP contribution in [0.5, 0.6) is 5.75 Å². The van der Waals surface area contributed by atoms with Gasteiger partial charge in [0.25, 0.3) is 5.56 Å². The number of benzene rings is 2. The molecule has 0 bridgehead atoms. The summed E-state index contributed by atoms with van der Waals surface area (Å²) < 4.78 is 35.6. The SMILES string of the molecule is [C-]#[N+]c1ccc(-c2nc(N3CCC4(CCCC4)CC3)c(C)c(=O)n2-c2ccc(OC)c(F)c2)cc1F. The van der Waals surface area contributed by atoms with Crippen LogP contribution in [0.3, 0.4) is 0 Å². The van der Waals surface area contributed by atoms with Crippen molar-refractivity contribution in [1.82, 2.24) is 9.55 Å². The van der Waals surface area contributed by atoms with Crippen LogP contribution in [-0.2, 0) is 0 Å². The molecule has 2 heterocycles. The number of halogens is 2. The minimum atomic E-state index is -0.701. The van der Waals surface area contributed by atoms with Gasteiger partial charge in [0.05, 0.1) is 24.9 Å². The third-order valence-corrected chi connectivity index (χ3v) is 7.79. The molecule has 0 unspecified atom stereocenters. The molecule has 1 spiro atoms. The van der Waals surface area contributed by atoms with Gasteiger partial charge in [-0.2, -0.15) is 0 Å². The van der Waals surface area contributed by atoms with E-state index in [4.69, 9.17) is 16.3 Å². The van der Waals surface area contributed by atoms with Crippen LogP contribution < -0.4 is 15.2 Å². The molecule has 0 N–H and O–H groups in total. The fourth-order valence-electron chi connectivity index (χ4n) is 5.68. The van der Waals surface area contributed by atoms with Crippen LogP contribution in [0.2, 0.25) is 0 Å². The molecule has 0 radical (unpaired) electrons. The van der Waals surface area contributed by atoms with Crippen LogP contribution in [0.4, 0.5) is 20.3 Å². The van der Waals surface area contributed by atoms with E-state index in [1.165, 1.54) is 61.6 Å². The standard InChI is InChI=1S/C28H28F2N4O2/c1-18-25(33-14-12-28(13-15-33)10-4-5-11-28)32-26(19-6-8-23(31-2)21(29)16-19)34(27(18)35)20-7-9-24(36-3)22(30)17-20/h6-9,16-17H,4-5,10-15H2,1,3H3. The summed E-state index contributed by atoms with van der Waals surface area (Å²) in [6, 6.07) is 8.36. The number of nitrogens with zero attached hydrogens (tertiary/aromatic N) is 4. The van der Waals surface area contributed by atoms with E-state index in [9.17, 15) is 13.6 Å². The van der Waals surface area contributed by atoms with E-state index in [-0.39, 0.29) is 28.5 Å². The van der Waals surface area contributed by atoms with Gasteiger partial charge in [0.1, 0.15) is 17.5 Å². The zero-order valence-corrected chi connectivity index (χ0v) is 20.5. The minimum absolute atomic E-state index is 0.0521. The van der Waals surface area contributed by atoms with Crippen molar-refractivity contribution in [3.05, 3.63) is 75.4 Å². The molecule has 1 aliphatic heterocycles. The highest BCUT2D eigenvalue weighted by molar-refractivity contribution is 5.66. The smallest absolute Gasteiger partial charge is 0.263 e. The molecule has 1 saturated carbocycles. The average molecular weight is 491 g/mol. The first kappa shape index (κ1) is 24.0. The number of ether oxygens (including phenoxy) is 1. The number of anilines is 1. The van der Waals surface area contributed by atoms with Crippen LogP contribution in [0.25, 0.3) is 21.9 Å². The van der Waals surface area contributed by atoms with Crippen molar-refractivity contribution in [2.45, 2.75) is 45.4 Å². The lowest BCUT2D eigenvalue weighted by molar-refractivity contribution is 0.226. The van der Waals surface area contributed by atoms with Crippen LogP contribution in [0.1, 0.15) is 44.1 Å². The average Bonchev–Trinajstić information content (AvgIpc) is 3.34. The number of piperidine rings is 1. The van der Waals surface area contributed by atoms with Gasteiger partial charge < -0.3 is 9.64 Å². The molecule has 0 atom stereocenters. The maximum absolute atomic E-state index is 14.6. The van der Waals surface area contributed by atoms with Crippen LogP contribution in [-0.4, -0.2) is 29.8 Å². The van der Waals surface area contributed by atoms with Gasteiger partial charge in [0.15, 0.2) is 11.6 Å². The second kappa shape index (κ2) is 9.38. The summed E-state index contributed by atoms with van der Waals surface area (Å²) >= 11 is 0. The zero-order valence-electron chi connectivity index (χ0n) is 20.5. The molecule has 2 aliphatic rings. The molecule has 1 aromatic heterocycles. The van der Waals surface area contributed by atoms with Crippen LogP contribution >= 0.6 is 0 Å². The Bertz CT molecular complexity index is 1410. The molecule has 1 aliphatic carbocycles. The first-order valence-corrected chi connectivity index (χ1v) is 12.3. The zero-order chi connectivity index (χ0) is 25.4. The molecule has 2 aromatic carbocycles. The van der Waals surface area contributed by atoms with Crippen molar-refractivity contribution in [2.24, 2.45) is 5.41 Å². The van der Waals surface area contributed by atoms with Gasteiger partial charge in [-0.1, -0.05) is 25.0 Å². The molecule has 186 valence electrons. The van der Waals surface area contributed by atoms with Gasteiger partial charge in [-0.25, -0.2) is 18.6 Å². The summed E-state index contributed by atoms with van der Waals surface area (Å²) in [5, 5.41) is 0. The Balaban J connectivity index is 1.65. The molecule has 2 fully saturated rings. The second-order valence-corrected chi connectivity index (χ2v) is 9.82.